The van der Waals surface area contributed by atoms with Gasteiger partial charge in [-0.05, 0) is 56.3 Å². The topological polar surface area (TPSA) is 70.2 Å². The van der Waals surface area contributed by atoms with Gasteiger partial charge in [-0.1, -0.05) is 6.07 Å². The minimum absolute atomic E-state index is 0.190. The minimum atomic E-state index is -0.190. The zero-order valence-corrected chi connectivity index (χ0v) is 16.2. The van der Waals surface area contributed by atoms with E-state index >= 15 is 0 Å². The van der Waals surface area contributed by atoms with Crippen molar-refractivity contribution in [3.8, 4) is 0 Å². The Morgan fingerprint density at radius 1 is 1.00 bits per heavy atom. The summed E-state index contributed by atoms with van der Waals surface area (Å²) in [6, 6.07) is 15.4. The fraction of sp³-hybridized carbons (Fsp3) is 0.227. The van der Waals surface area contributed by atoms with Crippen LogP contribution >= 0.6 is 0 Å². The summed E-state index contributed by atoms with van der Waals surface area (Å²) in [7, 11) is 0. The number of carbonyl (C=O) groups is 1. The molecule has 0 fully saturated rings. The highest BCUT2D eigenvalue weighted by molar-refractivity contribution is 6.04. The molecule has 0 aliphatic rings. The standard InChI is InChI=1S/C22H25N5O/c1-3-27(4-2)21-10-8-18(9-11-21)26-22(28)17-13-20(15-23-14-17)25-16-19-7-5-6-12-24-19/h5-15,25H,3-4,16H2,1-2H3,(H,26,28). The number of pyridine rings is 2. The maximum atomic E-state index is 12.6. The number of aromatic nitrogens is 2. The summed E-state index contributed by atoms with van der Waals surface area (Å²) >= 11 is 0. The molecule has 0 radical (unpaired) electrons. The first-order chi connectivity index (χ1) is 13.7. The van der Waals surface area contributed by atoms with Crippen molar-refractivity contribution in [2.45, 2.75) is 20.4 Å². The molecule has 0 bridgehead atoms. The van der Waals surface area contributed by atoms with Crippen LogP contribution in [0, 0.1) is 0 Å². The molecule has 2 heterocycles. The maximum absolute atomic E-state index is 12.6. The molecule has 28 heavy (non-hydrogen) atoms. The van der Waals surface area contributed by atoms with Crippen LogP contribution in [-0.2, 0) is 6.54 Å². The van der Waals surface area contributed by atoms with Crippen molar-refractivity contribution < 1.29 is 4.79 Å². The summed E-state index contributed by atoms with van der Waals surface area (Å²) < 4.78 is 0. The van der Waals surface area contributed by atoms with Gasteiger partial charge in [-0.25, -0.2) is 0 Å². The van der Waals surface area contributed by atoms with Gasteiger partial charge in [-0.15, -0.1) is 0 Å². The zero-order valence-electron chi connectivity index (χ0n) is 16.2. The third-order valence-electron chi connectivity index (χ3n) is 4.45. The number of hydrogen-bond acceptors (Lipinski definition) is 5. The predicted octanol–water partition coefficient (Wildman–Crippen LogP) is 4.19. The van der Waals surface area contributed by atoms with E-state index < -0.39 is 0 Å². The fourth-order valence-electron chi connectivity index (χ4n) is 2.90. The van der Waals surface area contributed by atoms with Gasteiger partial charge in [0, 0.05) is 43.1 Å². The van der Waals surface area contributed by atoms with Crippen molar-refractivity contribution in [3.05, 3.63) is 78.4 Å². The number of nitrogens with zero attached hydrogens (tertiary/aromatic N) is 3. The van der Waals surface area contributed by atoms with Gasteiger partial charge in [0.05, 0.1) is 23.5 Å². The largest absolute Gasteiger partial charge is 0.378 e. The molecule has 0 unspecified atom stereocenters. The molecule has 2 aromatic heterocycles. The van der Waals surface area contributed by atoms with Gasteiger partial charge in [0.25, 0.3) is 5.91 Å². The smallest absolute Gasteiger partial charge is 0.257 e. The average molecular weight is 375 g/mol. The summed E-state index contributed by atoms with van der Waals surface area (Å²) in [6.07, 6.45) is 5.01. The van der Waals surface area contributed by atoms with Gasteiger partial charge in [0.1, 0.15) is 0 Å². The lowest BCUT2D eigenvalue weighted by molar-refractivity contribution is 0.102. The lowest BCUT2D eigenvalue weighted by atomic mass is 10.2. The first-order valence-corrected chi connectivity index (χ1v) is 9.44. The van der Waals surface area contributed by atoms with Crippen LogP contribution in [0.2, 0.25) is 0 Å². The van der Waals surface area contributed by atoms with E-state index in [1.54, 1.807) is 24.7 Å². The van der Waals surface area contributed by atoms with Crippen LogP contribution in [0.1, 0.15) is 29.9 Å². The molecule has 0 atom stereocenters. The van der Waals surface area contributed by atoms with Gasteiger partial charge in [-0.3, -0.25) is 14.8 Å². The second-order valence-corrected chi connectivity index (χ2v) is 6.31. The third kappa shape index (κ3) is 5.07. The van der Waals surface area contributed by atoms with Crippen LogP contribution in [0.25, 0.3) is 0 Å². The van der Waals surface area contributed by atoms with Gasteiger partial charge in [0.15, 0.2) is 0 Å². The molecule has 0 saturated heterocycles. The molecular weight excluding hydrogens is 350 g/mol. The number of amides is 1. The number of carbonyl (C=O) groups excluding carboxylic acids is 1. The van der Waals surface area contributed by atoms with Crippen molar-refractivity contribution in [1.82, 2.24) is 9.97 Å². The highest BCUT2D eigenvalue weighted by Crippen LogP contribution is 2.19. The van der Waals surface area contributed by atoms with E-state index in [0.29, 0.717) is 12.1 Å². The van der Waals surface area contributed by atoms with E-state index in [4.69, 9.17) is 0 Å². The lowest BCUT2D eigenvalue weighted by Gasteiger charge is -2.21. The van der Waals surface area contributed by atoms with Crippen LogP contribution in [0.15, 0.2) is 67.1 Å². The summed E-state index contributed by atoms with van der Waals surface area (Å²) in [5.74, 6) is -0.190. The highest BCUT2D eigenvalue weighted by atomic mass is 16.1. The Balaban J connectivity index is 1.62. The van der Waals surface area contributed by atoms with Crippen molar-refractivity contribution in [3.63, 3.8) is 0 Å². The monoisotopic (exact) mass is 375 g/mol. The second kappa shape index (κ2) is 9.50. The third-order valence-corrected chi connectivity index (χ3v) is 4.45. The van der Waals surface area contributed by atoms with Crippen molar-refractivity contribution >= 4 is 23.0 Å². The Bertz CT molecular complexity index is 892. The maximum Gasteiger partial charge on any atom is 0.257 e. The normalized spacial score (nSPS) is 10.4. The zero-order chi connectivity index (χ0) is 19.8. The van der Waals surface area contributed by atoms with Crippen LogP contribution in [0.4, 0.5) is 17.1 Å². The number of hydrogen-bond donors (Lipinski definition) is 2. The van der Waals surface area contributed by atoms with E-state index in [2.05, 4.69) is 39.3 Å². The highest BCUT2D eigenvalue weighted by Gasteiger charge is 2.09. The molecule has 0 spiro atoms. The van der Waals surface area contributed by atoms with Crippen molar-refractivity contribution in [1.29, 1.82) is 0 Å². The van der Waals surface area contributed by atoms with Gasteiger partial charge in [-0.2, -0.15) is 0 Å². The van der Waals surface area contributed by atoms with Crippen LogP contribution < -0.4 is 15.5 Å². The van der Waals surface area contributed by atoms with Crippen molar-refractivity contribution in [2.24, 2.45) is 0 Å². The number of anilines is 3. The molecular formula is C22H25N5O. The van der Waals surface area contributed by atoms with Crippen LogP contribution in [0.3, 0.4) is 0 Å². The Labute approximate surface area is 165 Å². The number of nitrogens with one attached hydrogen (secondary N) is 2. The Morgan fingerprint density at radius 2 is 1.79 bits per heavy atom. The molecule has 3 rings (SSSR count). The molecule has 144 valence electrons. The summed E-state index contributed by atoms with van der Waals surface area (Å²) in [5, 5.41) is 6.17. The fourth-order valence-corrected chi connectivity index (χ4v) is 2.90. The summed E-state index contributed by atoms with van der Waals surface area (Å²) in [6.45, 7) is 6.72. The van der Waals surface area contributed by atoms with Crippen LogP contribution in [0.5, 0.6) is 0 Å². The van der Waals surface area contributed by atoms with Crippen LogP contribution in [-0.4, -0.2) is 29.0 Å². The van der Waals surface area contributed by atoms with Gasteiger partial charge in [0.2, 0.25) is 0 Å². The molecule has 3 aromatic rings. The van der Waals surface area contributed by atoms with Gasteiger partial charge >= 0.3 is 0 Å². The quantitative estimate of drug-likeness (QED) is 0.618. The SMILES string of the molecule is CCN(CC)c1ccc(NC(=O)c2cncc(NCc3ccccn3)c2)cc1. The lowest BCUT2D eigenvalue weighted by Crippen LogP contribution is -2.21. The van der Waals surface area contributed by atoms with E-state index in [1.807, 2.05) is 42.5 Å². The summed E-state index contributed by atoms with van der Waals surface area (Å²) in [4.78, 5) is 23.3. The second-order valence-electron chi connectivity index (χ2n) is 6.31. The van der Waals surface area contributed by atoms with E-state index in [0.717, 1.165) is 35.8 Å². The summed E-state index contributed by atoms with van der Waals surface area (Å²) in [5.41, 5.74) is 4.10. The molecule has 0 aliphatic carbocycles. The molecule has 0 aliphatic heterocycles. The van der Waals surface area contributed by atoms with Crippen molar-refractivity contribution in [2.75, 3.05) is 28.6 Å². The molecule has 1 amide bonds. The Kier molecular flexibility index (Phi) is 6.57. The molecule has 1 aromatic carbocycles. The minimum Gasteiger partial charge on any atom is -0.378 e. The molecule has 0 saturated carbocycles. The van der Waals surface area contributed by atoms with Gasteiger partial charge < -0.3 is 15.5 Å². The van der Waals surface area contributed by atoms with E-state index in [9.17, 15) is 4.79 Å². The predicted molar refractivity (Wildman–Crippen MR) is 114 cm³/mol. The molecule has 2 N–H and O–H groups in total. The van der Waals surface area contributed by atoms with E-state index in [1.165, 1.54) is 0 Å². The molecule has 6 nitrogen and oxygen atoms in total. The number of benzene rings is 1. The Hall–Kier alpha value is -3.41. The average Bonchev–Trinajstić information content (AvgIpc) is 2.75. The Morgan fingerprint density at radius 3 is 2.46 bits per heavy atom. The molecule has 6 heteroatoms. The van der Waals surface area contributed by atoms with E-state index in [-0.39, 0.29) is 5.91 Å². The first-order valence-electron chi connectivity index (χ1n) is 9.44. The first kappa shape index (κ1) is 19.4. The number of rotatable bonds is 8.